The smallest absolute Gasteiger partial charge is 0.244 e. The maximum absolute atomic E-state index is 12.7. The lowest BCUT2D eigenvalue weighted by molar-refractivity contribution is -0.116. The fourth-order valence-corrected chi connectivity index (χ4v) is 4.87. The van der Waals surface area contributed by atoms with Gasteiger partial charge in [-0.25, -0.2) is 0 Å². The number of hydrogen-bond acceptors (Lipinski definition) is 7. The second-order valence-corrected chi connectivity index (χ2v) is 10.4. The van der Waals surface area contributed by atoms with Crippen LogP contribution < -0.4 is 20.1 Å². The Labute approximate surface area is 235 Å². The van der Waals surface area contributed by atoms with Crippen molar-refractivity contribution in [1.82, 2.24) is 20.1 Å². The third kappa shape index (κ3) is 7.84. The van der Waals surface area contributed by atoms with Crippen molar-refractivity contribution in [2.45, 2.75) is 44.9 Å². The third-order valence-electron chi connectivity index (χ3n) is 5.61. The summed E-state index contributed by atoms with van der Waals surface area (Å²) < 4.78 is 13.4. The number of benzene rings is 2. The monoisotopic (exact) mass is 601 g/mol. The molecule has 0 saturated carbocycles. The Kier molecular flexibility index (Phi) is 10.8. The van der Waals surface area contributed by atoms with Crippen LogP contribution in [0, 0.1) is 0 Å². The van der Waals surface area contributed by atoms with E-state index in [-0.39, 0.29) is 30.0 Å². The van der Waals surface area contributed by atoms with Crippen LogP contribution >= 0.6 is 27.7 Å². The summed E-state index contributed by atoms with van der Waals surface area (Å²) in [6, 6.07) is 11.2. The number of carbonyl (C=O) groups excluding carboxylic acids is 2. The van der Waals surface area contributed by atoms with Gasteiger partial charge in [-0.05, 0) is 60.4 Å². The lowest BCUT2D eigenvalue weighted by Gasteiger charge is -2.14. The van der Waals surface area contributed by atoms with Crippen LogP contribution in [0.3, 0.4) is 0 Å². The Hall–Kier alpha value is -3.31. The van der Waals surface area contributed by atoms with Gasteiger partial charge in [0.15, 0.2) is 22.5 Å². The zero-order valence-electron chi connectivity index (χ0n) is 22.1. The van der Waals surface area contributed by atoms with E-state index in [4.69, 9.17) is 9.47 Å². The summed E-state index contributed by atoms with van der Waals surface area (Å²) in [7, 11) is 3.13. The molecule has 0 aliphatic heterocycles. The van der Waals surface area contributed by atoms with E-state index in [9.17, 15) is 9.59 Å². The Bertz CT molecular complexity index is 1310. The quantitative estimate of drug-likeness (QED) is 0.215. The maximum atomic E-state index is 12.7. The summed E-state index contributed by atoms with van der Waals surface area (Å²) in [4.78, 5) is 25.0. The largest absolute Gasteiger partial charge is 0.493 e. The summed E-state index contributed by atoms with van der Waals surface area (Å²) in [6.07, 6.45) is 3.14. The van der Waals surface area contributed by atoms with Crippen LogP contribution in [-0.4, -0.2) is 46.6 Å². The first-order valence-corrected chi connectivity index (χ1v) is 13.9. The first kappa shape index (κ1) is 29.2. The average molecular weight is 603 g/mol. The minimum atomic E-state index is -0.269. The molecule has 202 valence electrons. The average Bonchev–Trinajstić information content (AvgIpc) is 3.31. The number of amides is 2. The first-order valence-electron chi connectivity index (χ1n) is 12.1. The molecule has 2 amide bonds. The summed E-state index contributed by atoms with van der Waals surface area (Å²) in [5.41, 5.74) is 2.66. The van der Waals surface area contributed by atoms with Crippen LogP contribution in [0.15, 0.2) is 52.1 Å². The first-order chi connectivity index (χ1) is 18.2. The molecule has 0 bridgehead atoms. The number of aromatic nitrogens is 3. The predicted octanol–water partition coefficient (Wildman–Crippen LogP) is 5.26. The van der Waals surface area contributed by atoms with Gasteiger partial charge >= 0.3 is 0 Å². The van der Waals surface area contributed by atoms with Gasteiger partial charge in [0.2, 0.25) is 11.8 Å². The maximum Gasteiger partial charge on any atom is 0.244 e. The fourth-order valence-electron chi connectivity index (χ4n) is 3.67. The highest BCUT2D eigenvalue weighted by molar-refractivity contribution is 9.10. The molecule has 0 radical (unpaired) electrons. The van der Waals surface area contributed by atoms with Crippen molar-refractivity contribution in [3.8, 4) is 11.5 Å². The van der Waals surface area contributed by atoms with Crippen molar-refractivity contribution in [2.75, 3.05) is 25.3 Å². The van der Waals surface area contributed by atoms with Gasteiger partial charge in [-0.2, -0.15) is 0 Å². The molecule has 3 aromatic rings. The number of rotatable bonds is 12. The van der Waals surface area contributed by atoms with E-state index in [2.05, 4.69) is 50.6 Å². The van der Waals surface area contributed by atoms with Crippen molar-refractivity contribution >= 4 is 51.3 Å². The molecule has 2 N–H and O–H groups in total. The highest BCUT2D eigenvalue weighted by Gasteiger charge is 2.15. The van der Waals surface area contributed by atoms with Crippen molar-refractivity contribution < 1.29 is 19.1 Å². The van der Waals surface area contributed by atoms with Crippen molar-refractivity contribution in [3.05, 3.63) is 63.9 Å². The summed E-state index contributed by atoms with van der Waals surface area (Å²) in [5.74, 6) is 1.87. The predicted molar refractivity (Wildman–Crippen MR) is 154 cm³/mol. The minimum absolute atomic E-state index is 0.125. The van der Waals surface area contributed by atoms with Crippen LogP contribution in [0.1, 0.15) is 43.6 Å². The Morgan fingerprint density at radius 1 is 1.11 bits per heavy atom. The van der Waals surface area contributed by atoms with E-state index in [0.29, 0.717) is 29.0 Å². The molecule has 0 aliphatic rings. The number of halogens is 1. The third-order valence-corrected chi connectivity index (χ3v) is 7.07. The number of hydrogen-bond donors (Lipinski definition) is 2. The number of anilines is 1. The van der Waals surface area contributed by atoms with Gasteiger partial charge < -0.3 is 24.7 Å². The van der Waals surface area contributed by atoms with Gasteiger partial charge in [-0.15, -0.1) is 10.2 Å². The van der Waals surface area contributed by atoms with Gasteiger partial charge in [0.05, 0.1) is 26.5 Å². The molecule has 2 aromatic carbocycles. The Morgan fingerprint density at radius 3 is 2.55 bits per heavy atom. The zero-order valence-corrected chi connectivity index (χ0v) is 24.5. The van der Waals surface area contributed by atoms with Gasteiger partial charge in [0.1, 0.15) is 0 Å². The van der Waals surface area contributed by atoms with E-state index >= 15 is 0 Å². The molecule has 1 heterocycles. The molecule has 0 atom stereocenters. The van der Waals surface area contributed by atoms with Crippen LogP contribution in [-0.2, 0) is 22.7 Å². The van der Waals surface area contributed by atoms with E-state index in [1.807, 2.05) is 35.8 Å². The SMILES string of the molecule is CCn1c(CNC(=O)/C=C/c2ccc(OC)c(OC)c2)nnc1SCC(=O)Nc1ccc(Br)cc1C(C)C. The summed E-state index contributed by atoms with van der Waals surface area (Å²) in [5, 5.41) is 14.9. The van der Waals surface area contributed by atoms with Crippen molar-refractivity contribution in [1.29, 1.82) is 0 Å². The van der Waals surface area contributed by atoms with E-state index in [1.165, 1.54) is 17.8 Å². The number of ether oxygens (including phenoxy) is 2. The second kappa shape index (κ2) is 14.0. The molecular weight excluding hydrogens is 570 g/mol. The molecule has 3 rings (SSSR count). The summed E-state index contributed by atoms with van der Waals surface area (Å²) >= 11 is 4.79. The molecule has 9 nitrogen and oxygen atoms in total. The Morgan fingerprint density at radius 2 is 1.87 bits per heavy atom. The Balaban J connectivity index is 1.56. The number of methoxy groups -OCH3 is 2. The fraction of sp³-hybridized carbons (Fsp3) is 0.333. The molecule has 0 spiro atoms. The van der Waals surface area contributed by atoms with Crippen molar-refractivity contribution in [2.24, 2.45) is 0 Å². The van der Waals surface area contributed by atoms with Gasteiger partial charge in [0.25, 0.3) is 0 Å². The highest BCUT2D eigenvalue weighted by Crippen LogP contribution is 2.29. The van der Waals surface area contributed by atoms with Gasteiger partial charge in [-0.3, -0.25) is 9.59 Å². The molecule has 1 aromatic heterocycles. The zero-order chi connectivity index (χ0) is 27.7. The van der Waals surface area contributed by atoms with Crippen molar-refractivity contribution in [3.63, 3.8) is 0 Å². The molecule has 0 aliphatic carbocycles. The number of carbonyl (C=O) groups is 2. The molecular formula is C27H32BrN5O4S. The molecule has 0 fully saturated rings. The minimum Gasteiger partial charge on any atom is -0.493 e. The number of nitrogens with zero attached hydrogens (tertiary/aromatic N) is 3. The number of thioether (sulfide) groups is 1. The van der Waals surface area contributed by atoms with E-state index in [1.54, 1.807) is 32.4 Å². The normalized spacial score (nSPS) is 11.1. The van der Waals surface area contributed by atoms with Crippen LogP contribution in [0.5, 0.6) is 11.5 Å². The molecule has 0 unspecified atom stereocenters. The summed E-state index contributed by atoms with van der Waals surface area (Å²) in [6.45, 7) is 6.95. The second-order valence-electron chi connectivity index (χ2n) is 8.53. The van der Waals surface area contributed by atoms with E-state index in [0.717, 1.165) is 21.3 Å². The lowest BCUT2D eigenvalue weighted by Crippen LogP contribution is -2.22. The highest BCUT2D eigenvalue weighted by atomic mass is 79.9. The van der Waals surface area contributed by atoms with Crippen LogP contribution in [0.2, 0.25) is 0 Å². The standard InChI is InChI=1S/C27H32BrN5O4S/c1-6-33-24(15-29-25(34)12-8-18-7-11-22(36-4)23(13-18)37-5)31-32-27(33)38-16-26(35)30-21-10-9-19(28)14-20(21)17(2)3/h7-14,17H,6,15-16H2,1-5H3,(H,29,34)(H,30,35)/b12-8+. The molecule has 0 saturated heterocycles. The van der Waals surface area contributed by atoms with E-state index < -0.39 is 0 Å². The van der Waals surface area contributed by atoms with Gasteiger partial charge in [0, 0.05) is 22.8 Å². The lowest BCUT2D eigenvalue weighted by atomic mass is 10.0. The number of nitrogens with one attached hydrogen (secondary N) is 2. The molecule has 11 heteroatoms. The topological polar surface area (TPSA) is 107 Å². The van der Waals surface area contributed by atoms with Gasteiger partial charge in [-0.1, -0.05) is 47.6 Å². The van der Waals surface area contributed by atoms with Crippen LogP contribution in [0.4, 0.5) is 5.69 Å². The van der Waals surface area contributed by atoms with Crippen LogP contribution in [0.25, 0.3) is 6.08 Å². The molecule has 38 heavy (non-hydrogen) atoms.